The van der Waals surface area contributed by atoms with Crippen LogP contribution in [0.25, 0.3) is 0 Å². The molecular formula is C9H13N5O. The molecule has 6 heteroatoms. The van der Waals surface area contributed by atoms with E-state index in [9.17, 15) is 5.21 Å². The lowest BCUT2D eigenvalue weighted by Gasteiger charge is -2.24. The second-order valence-corrected chi connectivity index (χ2v) is 3.38. The largest absolute Gasteiger partial charge is 0.423 e. The highest BCUT2D eigenvalue weighted by atomic mass is 16.5. The SMILES string of the molecule is N=c1nc(N2CC=CCC2)cc(N)n1O. The van der Waals surface area contributed by atoms with Gasteiger partial charge in [0.25, 0.3) is 5.62 Å². The molecule has 80 valence electrons. The zero-order valence-corrected chi connectivity index (χ0v) is 8.22. The molecule has 1 aliphatic rings. The molecular weight excluding hydrogens is 194 g/mol. The summed E-state index contributed by atoms with van der Waals surface area (Å²) in [5.41, 5.74) is 5.29. The van der Waals surface area contributed by atoms with Gasteiger partial charge in [0.15, 0.2) is 0 Å². The zero-order chi connectivity index (χ0) is 10.8. The molecule has 0 spiro atoms. The summed E-state index contributed by atoms with van der Waals surface area (Å²) in [7, 11) is 0. The molecule has 0 fully saturated rings. The number of nitrogens with two attached hydrogens (primary N) is 1. The van der Waals surface area contributed by atoms with Gasteiger partial charge >= 0.3 is 0 Å². The van der Waals surface area contributed by atoms with Crippen LogP contribution in [0.2, 0.25) is 0 Å². The van der Waals surface area contributed by atoms with E-state index in [4.69, 9.17) is 11.1 Å². The van der Waals surface area contributed by atoms with Gasteiger partial charge in [-0.1, -0.05) is 12.2 Å². The van der Waals surface area contributed by atoms with Gasteiger partial charge in [-0.15, -0.1) is 4.73 Å². The summed E-state index contributed by atoms with van der Waals surface area (Å²) in [6, 6.07) is 1.57. The molecule has 0 unspecified atom stereocenters. The third-order valence-electron chi connectivity index (χ3n) is 2.32. The van der Waals surface area contributed by atoms with Crippen molar-refractivity contribution in [2.75, 3.05) is 23.7 Å². The number of nitrogens with zero attached hydrogens (tertiary/aromatic N) is 3. The minimum atomic E-state index is -0.250. The zero-order valence-electron chi connectivity index (χ0n) is 8.22. The van der Waals surface area contributed by atoms with Crippen LogP contribution in [0, 0.1) is 5.41 Å². The van der Waals surface area contributed by atoms with Crippen LogP contribution in [0.1, 0.15) is 6.42 Å². The highest BCUT2D eigenvalue weighted by Crippen LogP contribution is 2.14. The van der Waals surface area contributed by atoms with Crippen LogP contribution in [0.5, 0.6) is 0 Å². The van der Waals surface area contributed by atoms with Crippen molar-refractivity contribution in [3.8, 4) is 0 Å². The summed E-state index contributed by atoms with van der Waals surface area (Å²) in [5.74, 6) is 0.756. The highest BCUT2D eigenvalue weighted by molar-refractivity contribution is 5.47. The Morgan fingerprint density at radius 3 is 2.87 bits per heavy atom. The van der Waals surface area contributed by atoms with Gasteiger partial charge in [0.05, 0.1) is 0 Å². The Hall–Kier alpha value is -1.98. The van der Waals surface area contributed by atoms with Gasteiger partial charge in [-0.3, -0.25) is 5.41 Å². The van der Waals surface area contributed by atoms with Crippen molar-refractivity contribution in [3.05, 3.63) is 23.8 Å². The molecule has 0 bridgehead atoms. The van der Waals surface area contributed by atoms with Gasteiger partial charge in [0.2, 0.25) is 0 Å². The van der Waals surface area contributed by atoms with Crippen LogP contribution >= 0.6 is 0 Å². The maximum absolute atomic E-state index is 9.24. The third kappa shape index (κ3) is 1.78. The molecule has 6 nitrogen and oxygen atoms in total. The fraction of sp³-hybridized carbons (Fsp3) is 0.333. The van der Waals surface area contributed by atoms with E-state index < -0.39 is 0 Å². The van der Waals surface area contributed by atoms with Gasteiger partial charge in [-0.25, -0.2) is 0 Å². The monoisotopic (exact) mass is 207 g/mol. The first kappa shape index (κ1) is 9.57. The Morgan fingerprint density at radius 2 is 2.27 bits per heavy atom. The maximum atomic E-state index is 9.24. The second kappa shape index (κ2) is 3.64. The molecule has 0 saturated heterocycles. The molecule has 0 aliphatic carbocycles. The van der Waals surface area contributed by atoms with Gasteiger partial charge in [-0.05, 0) is 6.42 Å². The van der Waals surface area contributed by atoms with E-state index in [2.05, 4.69) is 11.1 Å². The first-order valence-corrected chi connectivity index (χ1v) is 4.72. The lowest BCUT2D eigenvalue weighted by atomic mass is 10.2. The van der Waals surface area contributed by atoms with E-state index in [0.29, 0.717) is 10.5 Å². The lowest BCUT2D eigenvalue weighted by Crippen LogP contribution is -2.32. The molecule has 1 aromatic rings. The topological polar surface area (TPSA) is 91.2 Å². The number of nitrogen functional groups attached to an aromatic ring is 1. The molecule has 0 saturated carbocycles. The maximum Gasteiger partial charge on any atom is 0.259 e. The molecule has 0 amide bonds. The standard InChI is InChI=1S/C9H13N5O/c10-7-6-8(12-9(11)14(7)15)13-4-2-1-3-5-13/h1-2,6,11,15H,3-5,10H2. The molecule has 0 atom stereocenters. The molecule has 15 heavy (non-hydrogen) atoms. The number of hydrogen-bond donors (Lipinski definition) is 3. The van der Waals surface area contributed by atoms with Crippen molar-refractivity contribution in [2.45, 2.75) is 6.42 Å². The predicted molar refractivity (Wildman–Crippen MR) is 55.6 cm³/mol. The second-order valence-electron chi connectivity index (χ2n) is 3.38. The highest BCUT2D eigenvalue weighted by Gasteiger charge is 2.10. The normalized spacial score (nSPS) is 15.6. The van der Waals surface area contributed by atoms with Crippen LogP contribution in [0.3, 0.4) is 0 Å². The van der Waals surface area contributed by atoms with Gasteiger partial charge in [-0.2, -0.15) is 4.98 Å². The van der Waals surface area contributed by atoms with E-state index >= 15 is 0 Å². The van der Waals surface area contributed by atoms with E-state index in [1.807, 2.05) is 11.0 Å². The summed E-state index contributed by atoms with van der Waals surface area (Å²) >= 11 is 0. The van der Waals surface area contributed by atoms with Gasteiger partial charge in [0, 0.05) is 19.2 Å². The Morgan fingerprint density at radius 1 is 1.47 bits per heavy atom. The predicted octanol–water partition coefficient (Wildman–Crippen LogP) is -0.0516. The van der Waals surface area contributed by atoms with Crippen molar-refractivity contribution in [1.29, 1.82) is 5.41 Å². The van der Waals surface area contributed by atoms with Crippen LogP contribution in [-0.2, 0) is 0 Å². The summed E-state index contributed by atoms with van der Waals surface area (Å²) in [6.45, 7) is 1.62. The van der Waals surface area contributed by atoms with Crippen molar-refractivity contribution >= 4 is 11.6 Å². The Labute approximate surface area is 86.7 Å². The Balaban J connectivity index is 2.37. The number of hydrogen-bond acceptors (Lipinski definition) is 5. The van der Waals surface area contributed by atoms with Crippen LogP contribution in [0.4, 0.5) is 11.6 Å². The summed E-state index contributed by atoms with van der Waals surface area (Å²) in [6.07, 6.45) is 5.12. The molecule has 0 radical (unpaired) electrons. The minimum absolute atomic E-state index is 0.125. The molecule has 2 heterocycles. The van der Waals surface area contributed by atoms with E-state index in [0.717, 1.165) is 19.5 Å². The minimum Gasteiger partial charge on any atom is -0.423 e. The first-order valence-electron chi connectivity index (χ1n) is 4.72. The number of aromatic nitrogens is 2. The Kier molecular flexibility index (Phi) is 2.32. The van der Waals surface area contributed by atoms with Crippen molar-refractivity contribution in [2.24, 2.45) is 0 Å². The van der Waals surface area contributed by atoms with Crippen molar-refractivity contribution < 1.29 is 5.21 Å². The van der Waals surface area contributed by atoms with Crippen molar-refractivity contribution in [1.82, 2.24) is 9.71 Å². The fourth-order valence-electron chi connectivity index (χ4n) is 1.52. The first-order chi connectivity index (χ1) is 7.18. The van der Waals surface area contributed by atoms with Crippen LogP contribution < -0.4 is 16.3 Å². The summed E-state index contributed by atoms with van der Waals surface area (Å²) in [4.78, 5) is 5.96. The molecule has 0 aromatic carbocycles. The van der Waals surface area contributed by atoms with E-state index in [-0.39, 0.29) is 11.4 Å². The van der Waals surface area contributed by atoms with Crippen LogP contribution in [-0.4, -0.2) is 28.0 Å². The van der Waals surface area contributed by atoms with Crippen molar-refractivity contribution in [3.63, 3.8) is 0 Å². The fourth-order valence-corrected chi connectivity index (χ4v) is 1.52. The molecule has 4 N–H and O–H groups in total. The quantitative estimate of drug-likeness (QED) is 0.444. The molecule has 1 aromatic heterocycles. The lowest BCUT2D eigenvalue weighted by molar-refractivity contribution is 0.171. The molecule has 1 aliphatic heterocycles. The molecule has 2 rings (SSSR count). The summed E-state index contributed by atoms with van der Waals surface area (Å²) in [5, 5.41) is 16.6. The smallest absolute Gasteiger partial charge is 0.259 e. The number of nitrogens with one attached hydrogen (secondary N) is 1. The number of rotatable bonds is 1. The average molecular weight is 207 g/mol. The van der Waals surface area contributed by atoms with Gasteiger partial charge in [0.1, 0.15) is 11.6 Å². The van der Waals surface area contributed by atoms with Crippen LogP contribution in [0.15, 0.2) is 18.2 Å². The summed E-state index contributed by atoms with van der Waals surface area (Å²) < 4.78 is 0.559. The third-order valence-corrected chi connectivity index (χ3v) is 2.32. The van der Waals surface area contributed by atoms with E-state index in [1.165, 1.54) is 0 Å². The average Bonchev–Trinajstić information content (AvgIpc) is 2.26. The van der Waals surface area contributed by atoms with Gasteiger partial charge < -0.3 is 15.8 Å². The van der Waals surface area contributed by atoms with E-state index in [1.54, 1.807) is 6.07 Å². The Bertz CT molecular complexity index is 450. The number of anilines is 2.